The Kier molecular flexibility index (Phi) is 7.69. The number of amides is 1. The van der Waals surface area contributed by atoms with Crippen LogP contribution < -0.4 is 10.0 Å². The molecule has 1 saturated heterocycles. The first-order valence-electron chi connectivity index (χ1n) is 11.7. The van der Waals surface area contributed by atoms with Gasteiger partial charge in [-0.05, 0) is 86.0 Å². The molecule has 0 radical (unpaired) electrons. The fraction of sp³-hybridized carbons (Fsp3) is 0.269. The number of nitrogens with one attached hydrogen (secondary N) is 2. The van der Waals surface area contributed by atoms with Crippen LogP contribution in [0.5, 0.6) is 0 Å². The Labute approximate surface area is 217 Å². The summed E-state index contributed by atoms with van der Waals surface area (Å²) in [6.45, 7) is 6.81. The second kappa shape index (κ2) is 10.6. The van der Waals surface area contributed by atoms with Crippen LogP contribution in [0.15, 0.2) is 70.5 Å². The number of nitrogens with zero attached hydrogens (tertiary/aromatic N) is 1. The van der Waals surface area contributed by atoms with Gasteiger partial charge in [0.25, 0.3) is 15.9 Å². The molecule has 3 aromatic carbocycles. The minimum atomic E-state index is -3.85. The highest BCUT2D eigenvalue weighted by Crippen LogP contribution is 2.25. The molecular weight excluding hydrogens is 514 g/mol. The number of anilines is 2. The van der Waals surface area contributed by atoms with E-state index in [1.165, 1.54) is 40.7 Å². The average molecular weight is 544 g/mol. The summed E-state index contributed by atoms with van der Waals surface area (Å²) in [5.41, 5.74) is 3.74. The SMILES string of the molecule is Cc1ccc(NS(=O)(=O)c2ccc(C(=O)Nc3cc(S(=O)(=O)N4CCOCC4)ccc3C)cc2)cc1C. The summed E-state index contributed by atoms with van der Waals surface area (Å²) in [6, 6.07) is 15.4. The van der Waals surface area contributed by atoms with Crippen LogP contribution in [-0.4, -0.2) is 53.4 Å². The Balaban J connectivity index is 1.50. The Morgan fingerprint density at radius 2 is 1.41 bits per heavy atom. The lowest BCUT2D eigenvalue weighted by molar-refractivity contribution is 0.0730. The van der Waals surface area contributed by atoms with Gasteiger partial charge in [-0.25, -0.2) is 16.8 Å². The van der Waals surface area contributed by atoms with Gasteiger partial charge in [-0.2, -0.15) is 4.31 Å². The predicted octanol–water partition coefficient (Wildman–Crippen LogP) is 3.69. The third-order valence-electron chi connectivity index (χ3n) is 6.25. The third kappa shape index (κ3) is 6.02. The molecule has 196 valence electrons. The Hall–Kier alpha value is -3.25. The summed E-state index contributed by atoms with van der Waals surface area (Å²) in [6.07, 6.45) is 0. The second-order valence-corrected chi connectivity index (χ2v) is 12.5. The van der Waals surface area contributed by atoms with Gasteiger partial charge in [0.2, 0.25) is 10.0 Å². The number of rotatable bonds is 7. The average Bonchev–Trinajstić information content (AvgIpc) is 2.88. The molecular formula is C26H29N3O6S2. The van der Waals surface area contributed by atoms with Crippen LogP contribution in [0.3, 0.4) is 0 Å². The zero-order chi connectivity index (χ0) is 26.8. The van der Waals surface area contributed by atoms with E-state index in [4.69, 9.17) is 4.74 Å². The van der Waals surface area contributed by atoms with Crippen molar-refractivity contribution in [2.45, 2.75) is 30.6 Å². The van der Waals surface area contributed by atoms with Gasteiger partial charge >= 0.3 is 0 Å². The van der Waals surface area contributed by atoms with Gasteiger partial charge < -0.3 is 10.1 Å². The number of carbonyl (C=O) groups is 1. The van der Waals surface area contributed by atoms with Gasteiger partial charge in [-0.15, -0.1) is 0 Å². The molecule has 0 unspecified atom stereocenters. The summed E-state index contributed by atoms with van der Waals surface area (Å²) < 4.78 is 60.7. The molecule has 3 aromatic rings. The van der Waals surface area contributed by atoms with Crippen molar-refractivity contribution in [3.63, 3.8) is 0 Å². The molecule has 0 bridgehead atoms. The largest absolute Gasteiger partial charge is 0.379 e. The van der Waals surface area contributed by atoms with E-state index in [2.05, 4.69) is 10.0 Å². The molecule has 11 heteroatoms. The van der Waals surface area contributed by atoms with Crippen LogP contribution >= 0.6 is 0 Å². The van der Waals surface area contributed by atoms with E-state index in [9.17, 15) is 21.6 Å². The van der Waals surface area contributed by atoms with Crippen molar-refractivity contribution in [3.05, 3.63) is 82.9 Å². The zero-order valence-corrected chi connectivity index (χ0v) is 22.4. The van der Waals surface area contributed by atoms with E-state index in [1.807, 2.05) is 19.9 Å². The molecule has 0 saturated carbocycles. The molecule has 1 heterocycles. The van der Waals surface area contributed by atoms with E-state index < -0.39 is 26.0 Å². The molecule has 4 rings (SSSR count). The Morgan fingerprint density at radius 1 is 0.784 bits per heavy atom. The smallest absolute Gasteiger partial charge is 0.261 e. The maximum atomic E-state index is 13.0. The van der Waals surface area contributed by atoms with Crippen molar-refractivity contribution in [2.75, 3.05) is 36.3 Å². The first kappa shape index (κ1) is 26.8. The molecule has 1 aliphatic rings. The topological polar surface area (TPSA) is 122 Å². The van der Waals surface area contributed by atoms with Gasteiger partial charge in [-0.1, -0.05) is 12.1 Å². The highest BCUT2D eigenvalue weighted by molar-refractivity contribution is 7.92. The number of carbonyl (C=O) groups excluding carboxylic acids is 1. The van der Waals surface area contributed by atoms with Crippen LogP contribution in [0.25, 0.3) is 0 Å². The van der Waals surface area contributed by atoms with E-state index in [-0.39, 0.29) is 28.4 Å². The van der Waals surface area contributed by atoms with Crippen LogP contribution in [0, 0.1) is 20.8 Å². The third-order valence-corrected chi connectivity index (χ3v) is 9.54. The lowest BCUT2D eigenvalue weighted by atomic mass is 10.1. The molecule has 2 N–H and O–H groups in total. The van der Waals surface area contributed by atoms with Crippen LogP contribution in [0.4, 0.5) is 11.4 Å². The highest BCUT2D eigenvalue weighted by Gasteiger charge is 2.27. The minimum absolute atomic E-state index is 0.0112. The number of sulfonamides is 2. The molecule has 1 amide bonds. The number of benzene rings is 3. The van der Waals surface area contributed by atoms with Crippen molar-refractivity contribution in [1.29, 1.82) is 0 Å². The minimum Gasteiger partial charge on any atom is -0.379 e. The molecule has 1 aliphatic heterocycles. The van der Waals surface area contributed by atoms with Crippen LogP contribution in [-0.2, 0) is 24.8 Å². The van der Waals surface area contributed by atoms with Crippen molar-refractivity contribution >= 4 is 37.3 Å². The highest BCUT2D eigenvalue weighted by atomic mass is 32.2. The van der Waals surface area contributed by atoms with Gasteiger partial charge in [0.15, 0.2) is 0 Å². The predicted molar refractivity (Wildman–Crippen MR) is 142 cm³/mol. The summed E-state index contributed by atoms with van der Waals surface area (Å²) in [5, 5.41) is 2.74. The number of aryl methyl sites for hydroxylation is 3. The standard InChI is InChI=1S/C26H29N3O6S2/c1-18-4-8-22(16-20(18)3)28-36(31,32)23-10-6-21(7-11-23)26(30)27-25-17-24(9-5-19(25)2)37(33,34)29-12-14-35-15-13-29/h4-11,16-17,28H,12-15H2,1-3H3,(H,27,30). The molecule has 0 atom stereocenters. The molecule has 0 aromatic heterocycles. The summed E-state index contributed by atoms with van der Waals surface area (Å²) in [5.74, 6) is -0.491. The molecule has 9 nitrogen and oxygen atoms in total. The maximum absolute atomic E-state index is 13.0. The zero-order valence-electron chi connectivity index (χ0n) is 20.8. The van der Waals surface area contributed by atoms with Gasteiger partial charge in [-0.3, -0.25) is 9.52 Å². The Morgan fingerprint density at radius 3 is 2.05 bits per heavy atom. The van der Waals surface area contributed by atoms with Crippen molar-refractivity contribution in [2.24, 2.45) is 0 Å². The number of hydrogen-bond acceptors (Lipinski definition) is 6. The van der Waals surface area contributed by atoms with Gasteiger partial charge in [0, 0.05) is 30.0 Å². The van der Waals surface area contributed by atoms with E-state index in [0.29, 0.717) is 30.2 Å². The van der Waals surface area contributed by atoms with E-state index in [1.54, 1.807) is 25.1 Å². The first-order valence-corrected chi connectivity index (χ1v) is 14.6. The summed E-state index contributed by atoms with van der Waals surface area (Å²) >= 11 is 0. The fourth-order valence-corrected chi connectivity index (χ4v) is 6.32. The summed E-state index contributed by atoms with van der Waals surface area (Å²) in [7, 11) is -7.57. The van der Waals surface area contributed by atoms with Crippen molar-refractivity contribution in [1.82, 2.24) is 4.31 Å². The number of hydrogen-bond donors (Lipinski definition) is 2. The lowest BCUT2D eigenvalue weighted by Crippen LogP contribution is -2.40. The number of ether oxygens (including phenoxy) is 1. The molecule has 0 spiro atoms. The van der Waals surface area contributed by atoms with Crippen molar-refractivity contribution < 1.29 is 26.4 Å². The normalized spacial score (nSPS) is 14.8. The second-order valence-electron chi connectivity index (χ2n) is 8.88. The van der Waals surface area contributed by atoms with Crippen LogP contribution in [0.2, 0.25) is 0 Å². The molecule has 1 fully saturated rings. The Bertz CT molecular complexity index is 1530. The monoisotopic (exact) mass is 543 g/mol. The quantitative estimate of drug-likeness (QED) is 0.469. The fourth-order valence-electron chi connectivity index (χ4n) is 3.83. The number of morpholine rings is 1. The molecule has 37 heavy (non-hydrogen) atoms. The maximum Gasteiger partial charge on any atom is 0.261 e. The van der Waals surface area contributed by atoms with Gasteiger partial charge in [0.1, 0.15) is 0 Å². The molecule has 0 aliphatic carbocycles. The lowest BCUT2D eigenvalue weighted by Gasteiger charge is -2.26. The van der Waals surface area contributed by atoms with Gasteiger partial charge in [0.05, 0.1) is 23.0 Å². The first-order chi connectivity index (χ1) is 17.5. The van der Waals surface area contributed by atoms with E-state index >= 15 is 0 Å². The van der Waals surface area contributed by atoms with E-state index in [0.717, 1.165) is 11.1 Å². The van der Waals surface area contributed by atoms with Crippen molar-refractivity contribution in [3.8, 4) is 0 Å². The van der Waals surface area contributed by atoms with Crippen LogP contribution in [0.1, 0.15) is 27.0 Å². The summed E-state index contributed by atoms with van der Waals surface area (Å²) in [4.78, 5) is 13.0.